The Morgan fingerprint density at radius 2 is 1.94 bits per heavy atom. The summed E-state index contributed by atoms with van der Waals surface area (Å²) in [6.45, 7) is 0.199. The normalized spacial score (nSPS) is 13.7. The summed E-state index contributed by atoms with van der Waals surface area (Å²) in [6, 6.07) is 5.54. The van der Waals surface area contributed by atoms with E-state index < -0.39 is 10.0 Å². The average molecular weight is 246 g/mol. The summed E-state index contributed by atoms with van der Waals surface area (Å²) >= 11 is 0. The fourth-order valence-electron chi connectivity index (χ4n) is 1.38. The van der Waals surface area contributed by atoms with Gasteiger partial charge in [-0.3, -0.25) is 0 Å². The first-order valence-corrected chi connectivity index (χ1v) is 6.71. The second-order valence-electron chi connectivity index (χ2n) is 3.65. The standard InChI is InChI=1S/C10H15FN2O2S/c1-16(14,15)13-10(7-12)6-8-2-4-9(11)5-3-8/h2-5,10,13H,6-7,12H2,1H3. The monoisotopic (exact) mass is 246 g/mol. The van der Waals surface area contributed by atoms with Gasteiger partial charge in [0.1, 0.15) is 5.82 Å². The van der Waals surface area contributed by atoms with E-state index in [0.717, 1.165) is 11.8 Å². The van der Waals surface area contributed by atoms with Crippen molar-refractivity contribution >= 4 is 10.0 Å². The maximum absolute atomic E-state index is 12.6. The zero-order chi connectivity index (χ0) is 12.2. The lowest BCUT2D eigenvalue weighted by Gasteiger charge is -2.15. The maximum Gasteiger partial charge on any atom is 0.209 e. The molecule has 1 atom stereocenters. The first kappa shape index (κ1) is 13.1. The van der Waals surface area contributed by atoms with Crippen molar-refractivity contribution < 1.29 is 12.8 Å². The molecule has 0 heterocycles. The van der Waals surface area contributed by atoms with Crippen molar-refractivity contribution in [3.05, 3.63) is 35.6 Å². The molecule has 1 unspecified atom stereocenters. The molecule has 1 aromatic carbocycles. The molecule has 3 N–H and O–H groups in total. The Morgan fingerprint density at radius 3 is 2.38 bits per heavy atom. The fraction of sp³-hybridized carbons (Fsp3) is 0.400. The van der Waals surface area contributed by atoms with Gasteiger partial charge in [0.25, 0.3) is 0 Å². The lowest BCUT2D eigenvalue weighted by atomic mass is 10.1. The van der Waals surface area contributed by atoms with Gasteiger partial charge < -0.3 is 5.73 Å². The third kappa shape index (κ3) is 4.69. The van der Waals surface area contributed by atoms with Gasteiger partial charge in [0.15, 0.2) is 0 Å². The van der Waals surface area contributed by atoms with Crippen LogP contribution in [0, 0.1) is 5.82 Å². The minimum absolute atomic E-state index is 0.199. The van der Waals surface area contributed by atoms with Gasteiger partial charge in [-0.15, -0.1) is 0 Å². The number of nitrogens with one attached hydrogen (secondary N) is 1. The number of nitrogens with two attached hydrogens (primary N) is 1. The molecule has 0 saturated carbocycles. The van der Waals surface area contributed by atoms with E-state index in [-0.39, 0.29) is 18.4 Å². The highest BCUT2D eigenvalue weighted by Crippen LogP contribution is 2.05. The third-order valence-electron chi connectivity index (χ3n) is 2.06. The molecule has 0 aromatic heterocycles. The van der Waals surface area contributed by atoms with Crippen LogP contribution in [0.5, 0.6) is 0 Å². The molecule has 0 aliphatic heterocycles. The molecule has 0 fully saturated rings. The van der Waals surface area contributed by atoms with Crippen LogP contribution >= 0.6 is 0 Å². The van der Waals surface area contributed by atoms with E-state index in [1.807, 2.05) is 0 Å². The predicted octanol–water partition coefficient (Wildman–Crippen LogP) is 0.245. The zero-order valence-electron chi connectivity index (χ0n) is 8.98. The second-order valence-corrected chi connectivity index (χ2v) is 5.43. The molecule has 0 amide bonds. The third-order valence-corrected chi connectivity index (χ3v) is 2.82. The van der Waals surface area contributed by atoms with E-state index in [2.05, 4.69) is 4.72 Å². The van der Waals surface area contributed by atoms with Gasteiger partial charge in [-0.05, 0) is 24.1 Å². The molecule has 1 aromatic rings. The lowest BCUT2D eigenvalue weighted by Crippen LogP contribution is -2.41. The van der Waals surface area contributed by atoms with E-state index in [0.29, 0.717) is 6.42 Å². The summed E-state index contributed by atoms with van der Waals surface area (Å²) in [5.74, 6) is -0.316. The Balaban J connectivity index is 2.67. The van der Waals surface area contributed by atoms with Crippen LogP contribution in [0.4, 0.5) is 4.39 Å². The molecular weight excluding hydrogens is 231 g/mol. The SMILES string of the molecule is CS(=O)(=O)NC(CN)Cc1ccc(F)cc1. The number of sulfonamides is 1. The van der Waals surface area contributed by atoms with Gasteiger partial charge >= 0.3 is 0 Å². The molecule has 90 valence electrons. The molecule has 16 heavy (non-hydrogen) atoms. The van der Waals surface area contributed by atoms with Crippen molar-refractivity contribution in [1.29, 1.82) is 0 Å². The van der Waals surface area contributed by atoms with Gasteiger partial charge in [0, 0.05) is 12.6 Å². The van der Waals surface area contributed by atoms with Crippen LogP contribution < -0.4 is 10.5 Å². The number of hydrogen-bond acceptors (Lipinski definition) is 3. The minimum atomic E-state index is -3.27. The second kappa shape index (κ2) is 5.38. The summed E-state index contributed by atoms with van der Waals surface area (Å²) in [6.07, 6.45) is 1.53. The molecule has 4 nitrogen and oxygen atoms in total. The van der Waals surface area contributed by atoms with E-state index in [1.165, 1.54) is 12.1 Å². The fourth-order valence-corrected chi connectivity index (χ4v) is 2.17. The zero-order valence-corrected chi connectivity index (χ0v) is 9.80. The Morgan fingerprint density at radius 1 is 1.38 bits per heavy atom. The van der Waals surface area contributed by atoms with Crippen LogP contribution in [0.3, 0.4) is 0 Å². The number of rotatable bonds is 5. The van der Waals surface area contributed by atoms with E-state index >= 15 is 0 Å². The van der Waals surface area contributed by atoms with E-state index in [9.17, 15) is 12.8 Å². The Labute approximate surface area is 94.7 Å². The van der Waals surface area contributed by atoms with Crippen LogP contribution in [-0.4, -0.2) is 27.3 Å². The summed E-state index contributed by atoms with van der Waals surface area (Å²) in [5, 5.41) is 0. The van der Waals surface area contributed by atoms with Crippen molar-refractivity contribution in [2.24, 2.45) is 5.73 Å². The number of halogens is 1. The largest absolute Gasteiger partial charge is 0.329 e. The Bertz CT molecular complexity index is 431. The molecular formula is C10H15FN2O2S. The summed E-state index contributed by atoms with van der Waals surface area (Å²) in [4.78, 5) is 0. The first-order chi connectivity index (χ1) is 7.40. The quantitative estimate of drug-likeness (QED) is 0.782. The van der Waals surface area contributed by atoms with Crippen molar-refractivity contribution in [1.82, 2.24) is 4.72 Å². The molecule has 0 aliphatic rings. The van der Waals surface area contributed by atoms with Gasteiger partial charge in [-0.2, -0.15) is 0 Å². The highest BCUT2D eigenvalue weighted by Gasteiger charge is 2.12. The smallest absolute Gasteiger partial charge is 0.209 e. The van der Waals surface area contributed by atoms with E-state index in [1.54, 1.807) is 12.1 Å². The van der Waals surface area contributed by atoms with Crippen molar-refractivity contribution in [2.75, 3.05) is 12.8 Å². The van der Waals surface area contributed by atoms with Crippen LogP contribution in [0.1, 0.15) is 5.56 Å². The van der Waals surface area contributed by atoms with Crippen LogP contribution in [0.2, 0.25) is 0 Å². The summed E-state index contributed by atoms with van der Waals surface area (Å²) < 4.78 is 37.1. The highest BCUT2D eigenvalue weighted by atomic mass is 32.2. The maximum atomic E-state index is 12.6. The molecule has 0 spiro atoms. The lowest BCUT2D eigenvalue weighted by molar-refractivity contribution is 0.552. The van der Waals surface area contributed by atoms with Gasteiger partial charge in [0.05, 0.1) is 6.26 Å². The Kier molecular flexibility index (Phi) is 4.40. The molecule has 0 radical (unpaired) electrons. The van der Waals surface area contributed by atoms with Gasteiger partial charge in [-0.25, -0.2) is 17.5 Å². The molecule has 6 heteroatoms. The first-order valence-electron chi connectivity index (χ1n) is 4.82. The number of benzene rings is 1. The van der Waals surface area contributed by atoms with Crippen molar-refractivity contribution in [3.63, 3.8) is 0 Å². The average Bonchev–Trinajstić information content (AvgIpc) is 2.18. The Hall–Kier alpha value is -0.980. The summed E-state index contributed by atoms with van der Waals surface area (Å²) in [5.41, 5.74) is 6.30. The van der Waals surface area contributed by atoms with Crippen molar-refractivity contribution in [3.8, 4) is 0 Å². The van der Waals surface area contributed by atoms with Crippen LogP contribution in [0.15, 0.2) is 24.3 Å². The van der Waals surface area contributed by atoms with E-state index in [4.69, 9.17) is 5.73 Å². The molecule has 0 aliphatic carbocycles. The van der Waals surface area contributed by atoms with Gasteiger partial charge in [-0.1, -0.05) is 12.1 Å². The van der Waals surface area contributed by atoms with Crippen LogP contribution in [-0.2, 0) is 16.4 Å². The minimum Gasteiger partial charge on any atom is -0.329 e. The number of hydrogen-bond donors (Lipinski definition) is 2. The highest BCUT2D eigenvalue weighted by molar-refractivity contribution is 7.88. The molecule has 1 rings (SSSR count). The summed E-state index contributed by atoms with van der Waals surface area (Å²) in [7, 11) is -3.27. The topological polar surface area (TPSA) is 72.2 Å². The molecule has 0 saturated heterocycles. The predicted molar refractivity (Wildman–Crippen MR) is 60.9 cm³/mol. The molecule has 0 bridgehead atoms. The van der Waals surface area contributed by atoms with Gasteiger partial charge in [0.2, 0.25) is 10.0 Å². The van der Waals surface area contributed by atoms with Crippen molar-refractivity contribution in [2.45, 2.75) is 12.5 Å². The van der Waals surface area contributed by atoms with Crippen LogP contribution in [0.25, 0.3) is 0 Å².